The Hall–Kier alpha value is -4.77. The number of aromatic nitrogens is 4. The van der Waals surface area contributed by atoms with Crippen molar-refractivity contribution in [2.45, 2.75) is 13.0 Å². The molecule has 6 rings (SSSR count). The minimum absolute atomic E-state index is 0.00803. The van der Waals surface area contributed by atoms with Crippen LogP contribution in [0.4, 0.5) is 17.3 Å². The van der Waals surface area contributed by atoms with Gasteiger partial charge in [-0.3, -0.25) is 9.78 Å². The Morgan fingerprint density at radius 2 is 2.12 bits per heavy atom. The van der Waals surface area contributed by atoms with E-state index in [0.717, 1.165) is 29.4 Å². The van der Waals surface area contributed by atoms with Crippen LogP contribution in [-0.4, -0.2) is 88.6 Å². The van der Waals surface area contributed by atoms with Gasteiger partial charge >= 0.3 is 0 Å². The van der Waals surface area contributed by atoms with Crippen LogP contribution in [-0.2, 0) is 4.79 Å². The number of pyridine rings is 2. The second kappa shape index (κ2) is 11.4. The highest BCUT2D eigenvalue weighted by Crippen LogP contribution is 2.36. The molecule has 0 unspecified atom stereocenters. The second-order valence-electron chi connectivity index (χ2n) is 10.4. The van der Waals surface area contributed by atoms with Gasteiger partial charge in [-0.2, -0.15) is 0 Å². The van der Waals surface area contributed by atoms with E-state index >= 15 is 0 Å². The van der Waals surface area contributed by atoms with E-state index < -0.39 is 0 Å². The summed E-state index contributed by atoms with van der Waals surface area (Å²) in [6.07, 6.45) is 8.46. The minimum Gasteiger partial charge on any atom is -0.487 e. The number of nitrogens with zero attached hydrogens (tertiary/aromatic N) is 7. The maximum absolute atomic E-state index is 12.9. The SMILES string of the molecule is Cc1cc(Nc2ncnc3cc4c(nc23)N2CCN(C(=O)/C=C/CN(C)C)[C@H](CO4)C2)ccc1Oc1cccnc1. The van der Waals surface area contributed by atoms with Gasteiger partial charge < -0.3 is 29.5 Å². The second-order valence-corrected chi connectivity index (χ2v) is 10.4. The van der Waals surface area contributed by atoms with E-state index in [9.17, 15) is 4.79 Å². The van der Waals surface area contributed by atoms with Crippen molar-refractivity contribution in [2.24, 2.45) is 0 Å². The molecule has 2 bridgehead atoms. The third-order valence-corrected chi connectivity index (χ3v) is 7.08. The van der Waals surface area contributed by atoms with E-state index in [-0.39, 0.29) is 11.9 Å². The Labute approximate surface area is 238 Å². The molecule has 1 atom stereocenters. The molecule has 210 valence electrons. The van der Waals surface area contributed by atoms with Gasteiger partial charge in [0.1, 0.15) is 29.9 Å². The van der Waals surface area contributed by atoms with E-state index in [1.54, 1.807) is 18.5 Å². The lowest BCUT2D eigenvalue weighted by Gasteiger charge is -2.39. The smallest absolute Gasteiger partial charge is 0.246 e. The van der Waals surface area contributed by atoms with Crippen molar-refractivity contribution in [1.82, 2.24) is 29.7 Å². The van der Waals surface area contributed by atoms with Crippen molar-refractivity contribution in [1.29, 1.82) is 0 Å². The summed E-state index contributed by atoms with van der Waals surface area (Å²) < 4.78 is 12.2. The molecule has 5 heterocycles. The first-order chi connectivity index (χ1) is 19.9. The Kier molecular flexibility index (Phi) is 7.34. The van der Waals surface area contributed by atoms with Crippen LogP contribution in [0.2, 0.25) is 0 Å². The maximum Gasteiger partial charge on any atom is 0.246 e. The van der Waals surface area contributed by atoms with Crippen LogP contribution in [0.1, 0.15) is 5.56 Å². The van der Waals surface area contributed by atoms with Crippen LogP contribution < -0.4 is 19.7 Å². The molecule has 0 aliphatic carbocycles. The van der Waals surface area contributed by atoms with E-state index in [1.807, 2.05) is 73.3 Å². The third kappa shape index (κ3) is 5.75. The van der Waals surface area contributed by atoms with Gasteiger partial charge in [-0.05, 0) is 56.9 Å². The third-order valence-electron chi connectivity index (χ3n) is 7.08. The molecule has 11 nitrogen and oxygen atoms in total. The molecule has 1 amide bonds. The van der Waals surface area contributed by atoms with E-state index in [4.69, 9.17) is 14.5 Å². The number of nitrogens with one attached hydrogen (secondary N) is 1. The summed E-state index contributed by atoms with van der Waals surface area (Å²) in [4.78, 5) is 37.1. The molecule has 1 aromatic carbocycles. The average Bonchev–Trinajstić information content (AvgIpc) is 3.10. The lowest BCUT2D eigenvalue weighted by molar-refractivity contribution is -0.129. The number of aryl methyl sites for hydroxylation is 1. The van der Waals surface area contributed by atoms with Gasteiger partial charge in [0.25, 0.3) is 0 Å². The standard InChI is InChI=1S/C30H32N8O3/c1-20-14-21(8-9-25(20)41-23-6-4-10-31-16-23)34-29-28-24(32-19-33-29)15-26-30(35-28)37-12-13-38(22(17-37)18-40-26)27(39)7-5-11-36(2)3/h4-10,14-16,19,22H,11-13,17-18H2,1-3H3,(H,32,33,34)/b7-5+/t22-/m0/s1. The largest absolute Gasteiger partial charge is 0.487 e. The molecule has 0 saturated carbocycles. The number of piperazine rings is 1. The molecule has 4 aromatic rings. The first kappa shape index (κ1) is 26.5. The van der Waals surface area contributed by atoms with Crippen molar-refractivity contribution in [3.05, 3.63) is 72.8 Å². The molecular formula is C30H32N8O3. The lowest BCUT2D eigenvalue weighted by atomic mass is 10.1. The first-order valence-electron chi connectivity index (χ1n) is 13.6. The van der Waals surface area contributed by atoms with Gasteiger partial charge in [-0.25, -0.2) is 15.0 Å². The topological polar surface area (TPSA) is 109 Å². The van der Waals surface area contributed by atoms with Gasteiger partial charge in [-0.15, -0.1) is 0 Å². The predicted octanol–water partition coefficient (Wildman–Crippen LogP) is 3.79. The van der Waals surface area contributed by atoms with Gasteiger partial charge in [0, 0.05) is 50.2 Å². The first-order valence-corrected chi connectivity index (χ1v) is 13.6. The monoisotopic (exact) mass is 552 g/mol. The zero-order chi connectivity index (χ0) is 28.3. The van der Waals surface area contributed by atoms with Crippen LogP contribution in [0.5, 0.6) is 17.2 Å². The molecule has 2 aliphatic heterocycles. The van der Waals surface area contributed by atoms with Crippen molar-refractivity contribution in [2.75, 3.05) is 57.1 Å². The molecule has 2 aliphatic rings. The number of fused-ring (bicyclic) bond motifs is 5. The summed E-state index contributed by atoms with van der Waals surface area (Å²) >= 11 is 0. The Morgan fingerprint density at radius 1 is 1.22 bits per heavy atom. The molecule has 41 heavy (non-hydrogen) atoms. The number of benzene rings is 1. The van der Waals surface area contributed by atoms with Gasteiger partial charge in [0.15, 0.2) is 17.4 Å². The summed E-state index contributed by atoms with van der Waals surface area (Å²) in [5, 5.41) is 3.40. The number of likely N-dealkylation sites (N-methyl/N-ethyl adjacent to an activating group) is 1. The zero-order valence-corrected chi connectivity index (χ0v) is 23.3. The summed E-state index contributed by atoms with van der Waals surface area (Å²) in [5.74, 6) is 3.43. The summed E-state index contributed by atoms with van der Waals surface area (Å²) in [6, 6.07) is 11.4. The minimum atomic E-state index is -0.0726. The molecule has 1 fully saturated rings. The Balaban J connectivity index is 1.22. The highest BCUT2D eigenvalue weighted by atomic mass is 16.5. The number of carbonyl (C=O) groups is 1. The van der Waals surface area contributed by atoms with Crippen molar-refractivity contribution in [3.8, 4) is 17.2 Å². The number of anilines is 3. The Morgan fingerprint density at radius 3 is 2.93 bits per heavy atom. The van der Waals surface area contributed by atoms with Crippen LogP contribution >= 0.6 is 0 Å². The zero-order valence-electron chi connectivity index (χ0n) is 23.3. The fraction of sp³-hybridized carbons (Fsp3) is 0.300. The number of amides is 1. The van der Waals surface area contributed by atoms with Crippen molar-refractivity contribution >= 4 is 34.3 Å². The van der Waals surface area contributed by atoms with Crippen LogP contribution in [0.3, 0.4) is 0 Å². The number of ether oxygens (including phenoxy) is 2. The molecular weight excluding hydrogens is 520 g/mol. The number of rotatable bonds is 7. The maximum atomic E-state index is 12.9. The van der Waals surface area contributed by atoms with Gasteiger partial charge in [0.05, 0.1) is 17.8 Å². The molecule has 1 saturated heterocycles. The highest BCUT2D eigenvalue weighted by Gasteiger charge is 2.35. The average molecular weight is 553 g/mol. The van der Waals surface area contributed by atoms with Crippen molar-refractivity contribution < 1.29 is 14.3 Å². The molecule has 0 spiro atoms. The summed E-state index contributed by atoms with van der Waals surface area (Å²) in [7, 11) is 3.95. The van der Waals surface area contributed by atoms with Gasteiger partial charge in [0.2, 0.25) is 5.91 Å². The van der Waals surface area contributed by atoms with Crippen molar-refractivity contribution in [3.63, 3.8) is 0 Å². The molecule has 1 N–H and O–H groups in total. The van der Waals surface area contributed by atoms with Crippen LogP contribution in [0.15, 0.2) is 67.3 Å². The van der Waals surface area contributed by atoms with E-state index in [0.29, 0.717) is 54.6 Å². The number of hydrogen-bond acceptors (Lipinski definition) is 10. The van der Waals surface area contributed by atoms with Crippen LogP contribution in [0.25, 0.3) is 11.0 Å². The fourth-order valence-corrected chi connectivity index (χ4v) is 5.02. The summed E-state index contributed by atoms with van der Waals surface area (Å²) in [6.45, 7) is 5.01. The van der Waals surface area contributed by atoms with E-state index in [1.165, 1.54) is 6.33 Å². The molecule has 0 radical (unpaired) electrons. The quantitative estimate of drug-likeness (QED) is 0.340. The van der Waals surface area contributed by atoms with E-state index in [2.05, 4.69) is 25.2 Å². The number of carbonyl (C=O) groups excluding carboxylic acids is 1. The number of hydrogen-bond donors (Lipinski definition) is 1. The summed E-state index contributed by atoms with van der Waals surface area (Å²) in [5.41, 5.74) is 3.13. The normalized spacial score (nSPS) is 16.4. The Bertz CT molecular complexity index is 1590. The van der Waals surface area contributed by atoms with Crippen LogP contribution in [0, 0.1) is 6.92 Å². The molecule has 3 aromatic heterocycles. The lowest BCUT2D eigenvalue weighted by Crippen LogP contribution is -2.56. The predicted molar refractivity (Wildman–Crippen MR) is 157 cm³/mol. The highest BCUT2D eigenvalue weighted by molar-refractivity contribution is 5.90. The fourth-order valence-electron chi connectivity index (χ4n) is 5.02. The molecule has 11 heteroatoms. The van der Waals surface area contributed by atoms with Gasteiger partial charge in [-0.1, -0.05) is 6.08 Å².